The summed E-state index contributed by atoms with van der Waals surface area (Å²) in [6.45, 7) is 4.65. The van der Waals surface area contributed by atoms with Gasteiger partial charge in [-0.25, -0.2) is 0 Å². The van der Waals surface area contributed by atoms with Crippen molar-refractivity contribution in [2.24, 2.45) is 5.41 Å². The van der Waals surface area contributed by atoms with E-state index in [-0.39, 0.29) is 12.0 Å². The minimum Gasteiger partial charge on any atom is -0.490 e. The summed E-state index contributed by atoms with van der Waals surface area (Å²) in [4.78, 5) is 14.0. The van der Waals surface area contributed by atoms with Gasteiger partial charge < -0.3 is 9.64 Å². The van der Waals surface area contributed by atoms with Crippen molar-refractivity contribution < 1.29 is 9.53 Å². The van der Waals surface area contributed by atoms with Gasteiger partial charge in [0.15, 0.2) is 0 Å². The molecule has 0 atom stereocenters. The Hall–Kier alpha value is -2.02. The van der Waals surface area contributed by atoms with E-state index >= 15 is 0 Å². The molecule has 106 valence electrons. The van der Waals surface area contributed by atoms with Crippen molar-refractivity contribution >= 4 is 5.91 Å². The lowest BCUT2D eigenvalue weighted by Gasteiger charge is -2.34. The first-order chi connectivity index (χ1) is 9.53. The summed E-state index contributed by atoms with van der Waals surface area (Å²) in [6.07, 6.45) is 1.76. The van der Waals surface area contributed by atoms with Gasteiger partial charge in [0.25, 0.3) is 0 Å². The Morgan fingerprint density at radius 3 is 2.45 bits per heavy atom. The summed E-state index contributed by atoms with van der Waals surface area (Å²) in [5.74, 6) is 0.785. The van der Waals surface area contributed by atoms with Crippen molar-refractivity contribution in [2.45, 2.75) is 32.8 Å². The Kier molecular flexibility index (Phi) is 4.29. The standard InChI is InChI=1S/C16H20N2O2/c1-16(2,12-17)15(19)18-10-8-14(9-11-18)20-13-6-4-3-5-7-13/h3-7,14H,8-11H2,1-2H3. The fraction of sp³-hybridized carbons (Fsp3) is 0.500. The molecule has 1 amide bonds. The van der Waals surface area contributed by atoms with E-state index < -0.39 is 5.41 Å². The molecule has 0 radical (unpaired) electrons. The zero-order valence-corrected chi connectivity index (χ0v) is 12.0. The van der Waals surface area contributed by atoms with Crippen molar-refractivity contribution in [1.29, 1.82) is 5.26 Å². The van der Waals surface area contributed by atoms with Crippen LogP contribution in [-0.2, 0) is 4.79 Å². The number of carbonyl (C=O) groups is 1. The van der Waals surface area contributed by atoms with E-state index in [0.29, 0.717) is 13.1 Å². The summed E-state index contributed by atoms with van der Waals surface area (Å²) in [5, 5.41) is 9.02. The molecule has 1 fully saturated rings. The van der Waals surface area contributed by atoms with Crippen LogP contribution in [0.2, 0.25) is 0 Å². The van der Waals surface area contributed by atoms with Crippen LogP contribution in [0.5, 0.6) is 5.75 Å². The number of nitrogens with zero attached hydrogens (tertiary/aromatic N) is 2. The normalized spacial score (nSPS) is 16.6. The molecule has 0 unspecified atom stereocenters. The van der Waals surface area contributed by atoms with Gasteiger partial charge in [-0.15, -0.1) is 0 Å². The van der Waals surface area contributed by atoms with Gasteiger partial charge in [0, 0.05) is 25.9 Å². The smallest absolute Gasteiger partial charge is 0.242 e. The first-order valence-corrected chi connectivity index (χ1v) is 6.95. The van der Waals surface area contributed by atoms with Crippen molar-refractivity contribution in [3.63, 3.8) is 0 Å². The van der Waals surface area contributed by atoms with Gasteiger partial charge in [-0.05, 0) is 26.0 Å². The van der Waals surface area contributed by atoms with Gasteiger partial charge in [-0.1, -0.05) is 18.2 Å². The number of nitriles is 1. The minimum absolute atomic E-state index is 0.0850. The number of likely N-dealkylation sites (tertiary alicyclic amines) is 1. The molecule has 20 heavy (non-hydrogen) atoms. The Bertz CT molecular complexity index is 497. The van der Waals surface area contributed by atoms with Crippen molar-refractivity contribution in [2.75, 3.05) is 13.1 Å². The lowest BCUT2D eigenvalue weighted by molar-refractivity contribution is -0.139. The molecule has 1 heterocycles. The Labute approximate surface area is 120 Å². The highest BCUT2D eigenvalue weighted by atomic mass is 16.5. The third-order valence-electron chi connectivity index (χ3n) is 3.59. The number of piperidine rings is 1. The van der Waals surface area contributed by atoms with Crippen molar-refractivity contribution in [3.8, 4) is 11.8 Å². The van der Waals surface area contributed by atoms with Gasteiger partial charge in [0.1, 0.15) is 17.3 Å². The number of ether oxygens (including phenoxy) is 1. The maximum absolute atomic E-state index is 12.2. The number of rotatable bonds is 3. The molecule has 1 aliphatic heterocycles. The molecule has 0 saturated carbocycles. The first-order valence-electron chi connectivity index (χ1n) is 6.95. The van der Waals surface area contributed by atoms with E-state index in [1.54, 1.807) is 18.7 Å². The lowest BCUT2D eigenvalue weighted by atomic mass is 9.92. The van der Waals surface area contributed by atoms with E-state index in [9.17, 15) is 4.79 Å². The number of hydrogen-bond acceptors (Lipinski definition) is 3. The van der Waals surface area contributed by atoms with Gasteiger partial charge in [-0.3, -0.25) is 4.79 Å². The molecule has 0 aliphatic carbocycles. The second-order valence-electron chi connectivity index (χ2n) is 5.66. The summed E-state index contributed by atoms with van der Waals surface area (Å²) in [7, 11) is 0. The van der Waals surface area contributed by atoms with E-state index in [1.165, 1.54) is 0 Å². The first kappa shape index (κ1) is 14.4. The predicted molar refractivity (Wildman–Crippen MR) is 76.1 cm³/mol. The SMILES string of the molecule is CC(C)(C#N)C(=O)N1CCC(Oc2ccccc2)CC1. The third kappa shape index (κ3) is 3.30. The molecule has 1 aliphatic rings. The number of para-hydroxylation sites is 1. The second-order valence-corrected chi connectivity index (χ2v) is 5.66. The van der Waals surface area contributed by atoms with Gasteiger partial charge in [0.05, 0.1) is 6.07 Å². The highest BCUT2D eigenvalue weighted by Crippen LogP contribution is 2.23. The molecule has 1 aromatic rings. The van der Waals surface area contributed by atoms with Crippen LogP contribution in [0.25, 0.3) is 0 Å². The molecule has 0 spiro atoms. The molecule has 4 nitrogen and oxygen atoms in total. The largest absolute Gasteiger partial charge is 0.490 e. The van der Waals surface area contributed by atoms with Crippen molar-refractivity contribution in [1.82, 2.24) is 4.90 Å². The van der Waals surface area contributed by atoms with Crippen LogP contribution in [-0.4, -0.2) is 30.0 Å². The van der Waals surface area contributed by atoms with Crippen molar-refractivity contribution in [3.05, 3.63) is 30.3 Å². The molecular weight excluding hydrogens is 252 g/mol. The van der Waals surface area contributed by atoms with Gasteiger partial charge in [0.2, 0.25) is 5.91 Å². The zero-order chi connectivity index (χ0) is 14.6. The van der Waals surface area contributed by atoms with Gasteiger partial charge >= 0.3 is 0 Å². The minimum atomic E-state index is -0.937. The van der Waals surface area contributed by atoms with Crippen LogP contribution < -0.4 is 4.74 Å². The third-order valence-corrected chi connectivity index (χ3v) is 3.59. The van der Waals surface area contributed by atoms with Crippen LogP contribution in [0.1, 0.15) is 26.7 Å². The van der Waals surface area contributed by atoms with Crippen LogP contribution in [0.4, 0.5) is 0 Å². The van der Waals surface area contributed by atoms with Crippen LogP contribution in [0.3, 0.4) is 0 Å². The second kappa shape index (κ2) is 5.96. The molecule has 1 aromatic carbocycles. The van der Waals surface area contributed by atoms with E-state index in [0.717, 1.165) is 18.6 Å². The molecule has 1 saturated heterocycles. The quantitative estimate of drug-likeness (QED) is 0.850. The number of carbonyl (C=O) groups excluding carboxylic acids is 1. The van der Waals surface area contributed by atoms with Gasteiger partial charge in [-0.2, -0.15) is 5.26 Å². The monoisotopic (exact) mass is 272 g/mol. The summed E-state index contributed by atoms with van der Waals surface area (Å²) in [6, 6.07) is 11.8. The molecule has 2 rings (SSSR count). The number of hydrogen-bond donors (Lipinski definition) is 0. The molecular formula is C16H20N2O2. The topological polar surface area (TPSA) is 53.3 Å². The van der Waals surface area contributed by atoms with E-state index in [2.05, 4.69) is 6.07 Å². The number of amides is 1. The fourth-order valence-electron chi connectivity index (χ4n) is 2.31. The predicted octanol–water partition coefficient (Wildman–Crippen LogP) is 2.61. The maximum atomic E-state index is 12.2. The maximum Gasteiger partial charge on any atom is 0.242 e. The Morgan fingerprint density at radius 2 is 1.90 bits per heavy atom. The van der Waals surface area contributed by atoms with Crippen LogP contribution in [0, 0.1) is 16.7 Å². The number of benzene rings is 1. The summed E-state index contributed by atoms with van der Waals surface area (Å²) < 4.78 is 5.89. The Balaban J connectivity index is 1.87. The zero-order valence-electron chi connectivity index (χ0n) is 12.0. The highest BCUT2D eigenvalue weighted by molar-refractivity contribution is 5.84. The highest BCUT2D eigenvalue weighted by Gasteiger charge is 2.34. The van der Waals surface area contributed by atoms with E-state index in [1.807, 2.05) is 30.3 Å². The average Bonchev–Trinajstić information content (AvgIpc) is 2.48. The molecule has 0 aromatic heterocycles. The average molecular weight is 272 g/mol. The molecule has 0 N–H and O–H groups in total. The lowest BCUT2D eigenvalue weighted by Crippen LogP contribution is -2.46. The van der Waals surface area contributed by atoms with Crippen LogP contribution >= 0.6 is 0 Å². The van der Waals surface area contributed by atoms with Crippen LogP contribution in [0.15, 0.2) is 30.3 Å². The molecule has 0 bridgehead atoms. The Morgan fingerprint density at radius 1 is 1.30 bits per heavy atom. The molecule has 4 heteroatoms. The summed E-state index contributed by atoms with van der Waals surface area (Å²) >= 11 is 0. The summed E-state index contributed by atoms with van der Waals surface area (Å²) in [5.41, 5.74) is -0.937. The fourth-order valence-corrected chi connectivity index (χ4v) is 2.31. The van der Waals surface area contributed by atoms with E-state index in [4.69, 9.17) is 10.00 Å².